The van der Waals surface area contributed by atoms with Crippen LogP contribution in [0.3, 0.4) is 0 Å². The van der Waals surface area contributed by atoms with Crippen molar-refractivity contribution in [2.75, 3.05) is 6.54 Å². The van der Waals surface area contributed by atoms with E-state index >= 15 is 0 Å². The molecule has 1 amide bonds. The summed E-state index contributed by atoms with van der Waals surface area (Å²) in [6, 6.07) is 23.0. The molecule has 0 saturated heterocycles. The molecule has 4 rings (SSSR count). The molecule has 0 bridgehead atoms. The molecule has 0 aliphatic rings. The molecular weight excluding hydrogens is 384 g/mol. The van der Waals surface area contributed by atoms with Gasteiger partial charge in [-0.15, -0.1) is 0 Å². The number of halogens is 1. The van der Waals surface area contributed by atoms with Gasteiger partial charge in [0.1, 0.15) is 12.4 Å². The largest absolute Gasteiger partial charge is 0.489 e. The SMILES string of the molecule is O=C(NCCc1c[nH]c2ccc(OCc3ccccc3)cc12)c1ccc(Cl)cc1. The third kappa shape index (κ3) is 4.79. The van der Waals surface area contributed by atoms with Crippen molar-refractivity contribution in [3.8, 4) is 5.75 Å². The summed E-state index contributed by atoms with van der Waals surface area (Å²) >= 11 is 5.87. The number of hydrogen-bond donors (Lipinski definition) is 2. The van der Waals surface area contributed by atoms with E-state index in [9.17, 15) is 4.79 Å². The Hall–Kier alpha value is -3.24. The summed E-state index contributed by atoms with van der Waals surface area (Å²) in [6.45, 7) is 1.08. The number of aromatic amines is 1. The maximum absolute atomic E-state index is 12.2. The van der Waals surface area contributed by atoms with Crippen LogP contribution >= 0.6 is 11.6 Å². The van der Waals surface area contributed by atoms with Crippen molar-refractivity contribution in [2.24, 2.45) is 0 Å². The van der Waals surface area contributed by atoms with Crippen molar-refractivity contribution < 1.29 is 9.53 Å². The number of aromatic nitrogens is 1. The number of ether oxygens (including phenoxy) is 1. The monoisotopic (exact) mass is 404 g/mol. The zero-order valence-electron chi connectivity index (χ0n) is 15.8. The molecule has 0 atom stereocenters. The van der Waals surface area contributed by atoms with Crippen molar-refractivity contribution in [3.63, 3.8) is 0 Å². The van der Waals surface area contributed by atoms with Crippen LogP contribution in [0.1, 0.15) is 21.5 Å². The minimum absolute atomic E-state index is 0.103. The molecule has 1 heterocycles. The van der Waals surface area contributed by atoms with E-state index in [4.69, 9.17) is 16.3 Å². The number of H-pyrrole nitrogens is 1. The first kappa shape index (κ1) is 19.1. The van der Waals surface area contributed by atoms with Crippen molar-refractivity contribution in [3.05, 3.63) is 101 Å². The lowest BCUT2D eigenvalue weighted by atomic mass is 10.1. The predicted octanol–water partition coefficient (Wildman–Crippen LogP) is 5.37. The molecule has 1 aromatic heterocycles. The minimum Gasteiger partial charge on any atom is -0.489 e. The number of hydrogen-bond acceptors (Lipinski definition) is 2. The molecule has 4 aromatic rings. The smallest absolute Gasteiger partial charge is 0.251 e. The number of fused-ring (bicyclic) bond motifs is 1. The van der Waals surface area contributed by atoms with Gasteiger partial charge in [0.15, 0.2) is 0 Å². The summed E-state index contributed by atoms with van der Waals surface area (Å²) < 4.78 is 5.94. The molecule has 3 aromatic carbocycles. The summed E-state index contributed by atoms with van der Waals surface area (Å²) in [4.78, 5) is 15.5. The van der Waals surface area contributed by atoms with Crippen molar-refractivity contribution in [1.82, 2.24) is 10.3 Å². The zero-order chi connectivity index (χ0) is 20.1. The zero-order valence-corrected chi connectivity index (χ0v) is 16.6. The summed E-state index contributed by atoms with van der Waals surface area (Å²) in [5.74, 6) is 0.723. The second-order valence-electron chi connectivity index (χ2n) is 6.81. The highest BCUT2D eigenvalue weighted by Gasteiger charge is 2.08. The van der Waals surface area contributed by atoms with Crippen LogP contribution in [0.25, 0.3) is 10.9 Å². The third-order valence-corrected chi connectivity index (χ3v) is 5.03. The fourth-order valence-electron chi connectivity index (χ4n) is 3.21. The van der Waals surface area contributed by atoms with Crippen molar-refractivity contribution >= 4 is 28.4 Å². The molecule has 5 heteroatoms. The van der Waals surface area contributed by atoms with E-state index in [2.05, 4.69) is 10.3 Å². The fraction of sp³-hybridized carbons (Fsp3) is 0.125. The lowest BCUT2D eigenvalue weighted by Crippen LogP contribution is -2.25. The molecule has 4 nitrogen and oxygen atoms in total. The van der Waals surface area contributed by atoms with Crippen molar-refractivity contribution in [1.29, 1.82) is 0 Å². The molecule has 146 valence electrons. The molecule has 0 unspecified atom stereocenters. The molecule has 0 aliphatic carbocycles. The highest BCUT2D eigenvalue weighted by Crippen LogP contribution is 2.24. The fourth-order valence-corrected chi connectivity index (χ4v) is 3.34. The Morgan fingerprint density at radius 1 is 1.00 bits per heavy atom. The summed E-state index contributed by atoms with van der Waals surface area (Å²) in [7, 11) is 0. The second kappa shape index (κ2) is 8.84. The molecular formula is C24H21ClN2O2. The average Bonchev–Trinajstić information content (AvgIpc) is 3.16. The minimum atomic E-state index is -0.103. The summed E-state index contributed by atoms with van der Waals surface area (Å²) in [5.41, 5.74) is 3.93. The van der Waals surface area contributed by atoms with Crippen molar-refractivity contribution in [2.45, 2.75) is 13.0 Å². The lowest BCUT2D eigenvalue weighted by Gasteiger charge is -2.08. The van der Waals surface area contributed by atoms with Gasteiger partial charge in [0.05, 0.1) is 0 Å². The number of benzene rings is 3. The Balaban J connectivity index is 1.38. The molecule has 2 N–H and O–H groups in total. The van der Waals surface area contributed by atoms with E-state index in [-0.39, 0.29) is 5.91 Å². The Morgan fingerprint density at radius 2 is 1.79 bits per heavy atom. The van der Waals surface area contributed by atoms with E-state index in [1.165, 1.54) is 0 Å². The maximum Gasteiger partial charge on any atom is 0.251 e. The maximum atomic E-state index is 12.2. The Morgan fingerprint density at radius 3 is 2.59 bits per heavy atom. The van der Waals surface area contributed by atoms with Gasteiger partial charge in [-0.3, -0.25) is 4.79 Å². The summed E-state index contributed by atoms with van der Waals surface area (Å²) in [5, 5.41) is 4.68. The molecule has 0 radical (unpaired) electrons. The van der Waals surface area contributed by atoms with Crippen LogP contribution in [0.4, 0.5) is 0 Å². The van der Waals surface area contributed by atoms with E-state index in [1.54, 1.807) is 24.3 Å². The van der Waals surface area contributed by atoms with E-state index < -0.39 is 0 Å². The number of amides is 1. The summed E-state index contributed by atoms with van der Waals surface area (Å²) in [6.07, 6.45) is 2.71. The number of carbonyl (C=O) groups is 1. The third-order valence-electron chi connectivity index (χ3n) is 4.77. The van der Waals surface area contributed by atoms with Gasteiger partial charge in [-0.25, -0.2) is 0 Å². The quantitative estimate of drug-likeness (QED) is 0.435. The molecule has 0 aliphatic heterocycles. The molecule has 29 heavy (non-hydrogen) atoms. The highest BCUT2D eigenvalue weighted by atomic mass is 35.5. The Labute approximate surface area is 174 Å². The van der Waals surface area contributed by atoms with E-state index in [0.717, 1.165) is 34.2 Å². The standard InChI is InChI=1S/C24H21ClN2O2/c25-20-8-6-18(7-9-20)24(28)26-13-12-19-15-27-23-11-10-21(14-22(19)23)29-16-17-4-2-1-3-5-17/h1-11,14-15,27H,12-13,16H2,(H,26,28). The second-order valence-corrected chi connectivity index (χ2v) is 7.24. The molecule has 0 fully saturated rings. The number of carbonyl (C=O) groups excluding carboxylic acids is 1. The topological polar surface area (TPSA) is 54.1 Å². The van der Waals surface area contributed by atoms with Crippen LogP contribution in [0, 0.1) is 0 Å². The van der Waals surface area contributed by atoms with Gasteiger partial charge in [-0.2, -0.15) is 0 Å². The number of rotatable bonds is 7. The normalized spacial score (nSPS) is 10.8. The van der Waals surface area contributed by atoms with E-state index in [1.807, 2.05) is 54.7 Å². The van der Waals surface area contributed by atoms with Crippen LogP contribution in [-0.2, 0) is 13.0 Å². The Kier molecular flexibility index (Phi) is 5.82. The van der Waals surface area contributed by atoms with Crippen LogP contribution in [-0.4, -0.2) is 17.4 Å². The highest BCUT2D eigenvalue weighted by molar-refractivity contribution is 6.30. The first-order chi connectivity index (χ1) is 14.2. The molecule has 0 spiro atoms. The first-order valence-electron chi connectivity index (χ1n) is 9.49. The van der Waals surface area contributed by atoms with Gasteiger partial charge in [0.25, 0.3) is 5.91 Å². The number of nitrogens with one attached hydrogen (secondary N) is 2. The van der Waals surface area contributed by atoms with Gasteiger partial charge >= 0.3 is 0 Å². The van der Waals surface area contributed by atoms with Crippen LogP contribution < -0.4 is 10.1 Å². The van der Waals surface area contributed by atoms with Crippen LogP contribution in [0.15, 0.2) is 79.0 Å². The van der Waals surface area contributed by atoms with Gasteiger partial charge in [0.2, 0.25) is 0 Å². The first-order valence-corrected chi connectivity index (χ1v) is 9.87. The predicted molar refractivity (Wildman–Crippen MR) is 117 cm³/mol. The van der Waals surface area contributed by atoms with Crippen LogP contribution in [0.2, 0.25) is 5.02 Å². The van der Waals surface area contributed by atoms with Gasteiger partial charge in [0, 0.05) is 34.2 Å². The van der Waals surface area contributed by atoms with Gasteiger partial charge in [-0.1, -0.05) is 41.9 Å². The molecule has 0 saturated carbocycles. The Bertz CT molecular complexity index is 1100. The van der Waals surface area contributed by atoms with Gasteiger partial charge < -0.3 is 15.0 Å². The average molecular weight is 405 g/mol. The van der Waals surface area contributed by atoms with Gasteiger partial charge in [-0.05, 0) is 60.0 Å². The van der Waals surface area contributed by atoms with E-state index in [0.29, 0.717) is 23.7 Å². The van der Waals surface area contributed by atoms with Crippen LogP contribution in [0.5, 0.6) is 5.75 Å². The lowest BCUT2D eigenvalue weighted by molar-refractivity contribution is 0.0954.